The van der Waals surface area contributed by atoms with Gasteiger partial charge in [-0.2, -0.15) is 0 Å². The SMILES string of the molecule is CNc1cc(-c2cccnc2Nc2c(C)ccc3c(Nc4cccc(OC(F)(F)F)c4)nccc23)ncn1. The van der Waals surface area contributed by atoms with E-state index in [1.165, 1.54) is 24.5 Å². The Morgan fingerprint density at radius 1 is 0.789 bits per heavy atom. The van der Waals surface area contributed by atoms with Gasteiger partial charge in [0.2, 0.25) is 0 Å². The lowest BCUT2D eigenvalue weighted by molar-refractivity contribution is -0.274. The lowest BCUT2D eigenvalue weighted by Crippen LogP contribution is -2.17. The summed E-state index contributed by atoms with van der Waals surface area (Å²) in [5.41, 5.74) is 3.66. The van der Waals surface area contributed by atoms with Crippen LogP contribution in [0, 0.1) is 6.92 Å². The van der Waals surface area contributed by atoms with Gasteiger partial charge in [0.05, 0.1) is 11.4 Å². The second-order valence-electron chi connectivity index (χ2n) is 8.28. The molecule has 11 heteroatoms. The van der Waals surface area contributed by atoms with Crippen LogP contribution >= 0.6 is 0 Å². The van der Waals surface area contributed by atoms with Crippen molar-refractivity contribution >= 4 is 39.6 Å². The van der Waals surface area contributed by atoms with Gasteiger partial charge in [-0.1, -0.05) is 18.2 Å². The van der Waals surface area contributed by atoms with Gasteiger partial charge in [-0.3, -0.25) is 0 Å². The monoisotopic (exact) mass is 517 g/mol. The van der Waals surface area contributed by atoms with Crippen molar-refractivity contribution < 1.29 is 17.9 Å². The number of aromatic nitrogens is 4. The standard InChI is InChI=1S/C27H22F3N7O/c1-16-8-9-20-19(10-12-33-25(20)36-17-5-3-6-18(13-17)38-27(28,29)30)24(16)37-26-21(7-4-11-32-26)22-14-23(31-2)35-15-34-22/h3-15H,1-2H3,(H,32,37)(H,33,36)(H,31,34,35). The fourth-order valence-corrected chi connectivity index (χ4v) is 4.01. The van der Waals surface area contributed by atoms with Gasteiger partial charge in [0, 0.05) is 53.6 Å². The highest BCUT2D eigenvalue weighted by atomic mass is 19.4. The minimum atomic E-state index is -4.78. The van der Waals surface area contributed by atoms with Crippen LogP contribution in [0.15, 0.2) is 79.4 Å². The van der Waals surface area contributed by atoms with Crippen LogP contribution in [0.1, 0.15) is 5.56 Å². The van der Waals surface area contributed by atoms with Gasteiger partial charge in [-0.05, 0) is 42.8 Å². The minimum absolute atomic E-state index is 0.324. The molecule has 5 rings (SSSR count). The highest BCUT2D eigenvalue weighted by molar-refractivity contribution is 6.03. The van der Waals surface area contributed by atoms with Crippen molar-refractivity contribution in [3.63, 3.8) is 0 Å². The molecule has 0 unspecified atom stereocenters. The van der Waals surface area contributed by atoms with Crippen LogP contribution in [-0.2, 0) is 0 Å². The summed E-state index contributed by atoms with van der Waals surface area (Å²) in [6, 6.07) is 16.9. The number of hydrogen-bond acceptors (Lipinski definition) is 8. The third kappa shape index (κ3) is 5.41. The topological polar surface area (TPSA) is 96.9 Å². The van der Waals surface area contributed by atoms with Crippen molar-refractivity contribution in [3.05, 3.63) is 84.9 Å². The van der Waals surface area contributed by atoms with E-state index in [0.717, 1.165) is 27.6 Å². The number of hydrogen-bond donors (Lipinski definition) is 3. The van der Waals surface area contributed by atoms with Gasteiger partial charge >= 0.3 is 6.36 Å². The Hall–Kier alpha value is -4.93. The number of fused-ring (bicyclic) bond motifs is 1. The molecule has 0 saturated heterocycles. The number of aryl methyl sites for hydroxylation is 1. The lowest BCUT2D eigenvalue weighted by Gasteiger charge is -2.17. The molecular formula is C27H22F3N7O. The van der Waals surface area contributed by atoms with Crippen molar-refractivity contribution in [1.82, 2.24) is 19.9 Å². The van der Waals surface area contributed by atoms with Gasteiger partial charge in [0.25, 0.3) is 0 Å². The molecule has 3 N–H and O–H groups in total. The average Bonchev–Trinajstić information content (AvgIpc) is 2.90. The molecule has 2 aromatic carbocycles. The second kappa shape index (κ2) is 10.2. The number of nitrogens with one attached hydrogen (secondary N) is 3. The number of nitrogens with zero attached hydrogens (tertiary/aromatic N) is 4. The van der Waals surface area contributed by atoms with E-state index in [9.17, 15) is 13.2 Å². The van der Waals surface area contributed by atoms with E-state index in [-0.39, 0.29) is 5.75 Å². The molecule has 0 fully saturated rings. The van der Waals surface area contributed by atoms with E-state index < -0.39 is 6.36 Å². The van der Waals surface area contributed by atoms with Crippen LogP contribution < -0.4 is 20.7 Å². The minimum Gasteiger partial charge on any atom is -0.406 e. The molecule has 0 aliphatic carbocycles. The van der Waals surface area contributed by atoms with Crippen molar-refractivity contribution in [2.24, 2.45) is 0 Å². The van der Waals surface area contributed by atoms with Gasteiger partial charge < -0.3 is 20.7 Å². The molecule has 38 heavy (non-hydrogen) atoms. The predicted octanol–water partition coefficient (Wildman–Crippen LogP) is 6.82. The van der Waals surface area contributed by atoms with Gasteiger partial charge in [-0.15, -0.1) is 13.2 Å². The molecule has 5 aromatic rings. The predicted molar refractivity (Wildman–Crippen MR) is 141 cm³/mol. The highest BCUT2D eigenvalue weighted by Crippen LogP contribution is 2.36. The Morgan fingerprint density at radius 2 is 1.63 bits per heavy atom. The molecule has 3 heterocycles. The van der Waals surface area contributed by atoms with Crippen molar-refractivity contribution in [3.8, 4) is 17.0 Å². The number of ether oxygens (including phenoxy) is 1. The smallest absolute Gasteiger partial charge is 0.406 e. The maximum Gasteiger partial charge on any atom is 0.573 e. The van der Waals surface area contributed by atoms with Crippen molar-refractivity contribution in [2.75, 3.05) is 23.0 Å². The van der Waals surface area contributed by atoms with Crippen LogP contribution in [0.5, 0.6) is 5.75 Å². The number of rotatable bonds is 7. The maximum atomic E-state index is 12.7. The van der Waals surface area contributed by atoms with Crippen LogP contribution in [0.3, 0.4) is 0 Å². The van der Waals surface area contributed by atoms with Crippen LogP contribution in [0.25, 0.3) is 22.0 Å². The number of benzene rings is 2. The summed E-state index contributed by atoms with van der Waals surface area (Å²) >= 11 is 0. The summed E-state index contributed by atoms with van der Waals surface area (Å²) in [4.78, 5) is 17.6. The molecule has 0 radical (unpaired) electrons. The molecule has 0 amide bonds. The molecule has 8 nitrogen and oxygen atoms in total. The quantitative estimate of drug-likeness (QED) is 0.216. The molecule has 0 spiro atoms. The molecule has 0 atom stereocenters. The molecule has 0 saturated carbocycles. The second-order valence-corrected chi connectivity index (χ2v) is 8.28. The first-order valence-corrected chi connectivity index (χ1v) is 11.5. The largest absolute Gasteiger partial charge is 0.573 e. The first-order valence-electron chi connectivity index (χ1n) is 11.5. The lowest BCUT2D eigenvalue weighted by atomic mass is 10.0. The Kier molecular flexibility index (Phi) is 6.65. The normalized spacial score (nSPS) is 11.3. The summed E-state index contributed by atoms with van der Waals surface area (Å²) in [5.74, 6) is 1.44. The average molecular weight is 518 g/mol. The summed E-state index contributed by atoms with van der Waals surface area (Å²) < 4.78 is 42.0. The fraction of sp³-hybridized carbons (Fsp3) is 0.111. The number of pyridine rings is 2. The van der Waals surface area contributed by atoms with Crippen molar-refractivity contribution in [2.45, 2.75) is 13.3 Å². The van der Waals surface area contributed by atoms with Gasteiger partial charge in [-0.25, -0.2) is 19.9 Å². The van der Waals surface area contributed by atoms with Crippen molar-refractivity contribution in [1.29, 1.82) is 0 Å². The molecule has 192 valence electrons. The Labute approximate surface area is 216 Å². The Morgan fingerprint density at radius 3 is 2.45 bits per heavy atom. The Bertz CT molecular complexity index is 1610. The van der Waals surface area contributed by atoms with Crippen LogP contribution in [0.4, 0.5) is 42.0 Å². The van der Waals surface area contributed by atoms with Crippen LogP contribution in [-0.4, -0.2) is 33.3 Å². The zero-order chi connectivity index (χ0) is 26.7. The number of anilines is 5. The van der Waals surface area contributed by atoms with Crippen LogP contribution in [0.2, 0.25) is 0 Å². The van der Waals surface area contributed by atoms with E-state index >= 15 is 0 Å². The zero-order valence-electron chi connectivity index (χ0n) is 20.3. The highest BCUT2D eigenvalue weighted by Gasteiger charge is 2.31. The molecule has 3 aromatic heterocycles. The summed E-state index contributed by atoms with van der Waals surface area (Å²) in [7, 11) is 1.78. The van der Waals surface area contributed by atoms with Gasteiger partial charge in [0.1, 0.15) is 29.5 Å². The summed E-state index contributed by atoms with van der Waals surface area (Å²) in [6.45, 7) is 1.97. The first kappa shape index (κ1) is 24.8. The third-order valence-corrected chi connectivity index (χ3v) is 5.73. The maximum absolute atomic E-state index is 12.7. The molecule has 0 aliphatic rings. The van der Waals surface area contributed by atoms with Gasteiger partial charge in [0.15, 0.2) is 0 Å². The summed E-state index contributed by atoms with van der Waals surface area (Å²) in [5, 5.41) is 11.2. The first-order chi connectivity index (χ1) is 18.3. The Balaban J connectivity index is 1.52. The van der Waals surface area contributed by atoms with E-state index in [2.05, 4.69) is 40.6 Å². The summed E-state index contributed by atoms with van der Waals surface area (Å²) in [6.07, 6.45) is 0.0317. The molecule has 0 aliphatic heterocycles. The van der Waals surface area contributed by atoms with E-state index in [0.29, 0.717) is 28.8 Å². The van der Waals surface area contributed by atoms with E-state index in [1.807, 2.05) is 43.3 Å². The number of halogens is 3. The molecule has 0 bridgehead atoms. The molecular weight excluding hydrogens is 495 g/mol. The van der Waals surface area contributed by atoms with E-state index in [4.69, 9.17) is 0 Å². The third-order valence-electron chi connectivity index (χ3n) is 5.73. The number of alkyl halides is 3. The van der Waals surface area contributed by atoms with E-state index in [1.54, 1.807) is 25.5 Å². The fourth-order valence-electron chi connectivity index (χ4n) is 4.01. The zero-order valence-corrected chi connectivity index (χ0v) is 20.3.